The summed E-state index contributed by atoms with van der Waals surface area (Å²) in [6, 6.07) is 5.59. The summed E-state index contributed by atoms with van der Waals surface area (Å²) in [6.07, 6.45) is 11.8. The topological polar surface area (TPSA) is 140 Å². The van der Waals surface area contributed by atoms with Crippen molar-refractivity contribution in [2.75, 3.05) is 20.6 Å². The first-order chi connectivity index (χ1) is 17.6. The van der Waals surface area contributed by atoms with Crippen LogP contribution in [0.3, 0.4) is 0 Å². The molecule has 0 bridgehead atoms. The zero-order valence-electron chi connectivity index (χ0n) is 19.8. The van der Waals surface area contributed by atoms with Gasteiger partial charge in [0.1, 0.15) is 11.2 Å². The number of pyridine rings is 2. The van der Waals surface area contributed by atoms with Crippen molar-refractivity contribution in [2.45, 2.75) is 6.42 Å². The highest BCUT2D eigenvalue weighted by atomic mass is 16.2. The van der Waals surface area contributed by atoms with Crippen LogP contribution in [0.2, 0.25) is 0 Å². The summed E-state index contributed by atoms with van der Waals surface area (Å²) in [6.45, 7) is 0.605. The van der Waals surface area contributed by atoms with Gasteiger partial charge in [-0.3, -0.25) is 25.1 Å². The average Bonchev–Trinajstić information content (AvgIpc) is 3.53. The number of aromatic amines is 2. The van der Waals surface area contributed by atoms with Crippen LogP contribution in [0.15, 0.2) is 58.7 Å². The van der Waals surface area contributed by atoms with Crippen LogP contribution >= 0.6 is 0 Å². The fraction of sp³-hybridized carbons (Fsp3) is 0.240. The monoisotopic (exact) mass is 480 g/mol. The minimum Gasteiger partial charge on any atom is -0.335 e. The number of hydrogen-bond donors (Lipinski definition) is 3. The average molecular weight is 481 g/mol. The maximum Gasteiger partial charge on any atom is 0.321 e. The van der Waals surface area contributed by atoms with Crippen LogP contribution in [0.4, 0.5) is 4.79 Å². The van der Waals surface area contributed by atoms with Gasteiger partial charge in [0, 0.05) is 73.8 Å². The Morgan fingerprint density at radius 3 is 2.94 bits per heavy atom. The van der Waals surface area contributed by atoms with Crippen LogP contribution in [0.1, 0.15) is 6.42 Å². The number of fused-ring (bicyclic) bond motifs is 2. The number of nitrogens with zero attached hydrogens (tertiary/aromatic N) is 7. The maximum atomic E-state index is 12.1. The third-order valence-electron chi connectivity index (χ3n) is 6.37. The van der Waals surface area contributed by atoms with Crippen LogP contribution in [-0.2, 0) is 0 Å². The van der Waals surface area contributed by atoms with Gasteiger partial charge in [-0.2, -0.15) is 5.10 Å². The van der Waals surface area contributed by atoms with Gasteiger partial charge >= 0.3 is 6.03 Å². The molecule has 0 saturated carbocycles. The molecule has 0 aromatic carbocycles. The molecule has 0 spiro atoms. The summed E-state index contributed by atoms with van der Waals surface area (Å²) in [4.78, 5) is 39.7. The zero-order chi connectivity index (χ0) is 24.6. The van der Waals surface area contributed by atoms with Gasteiger partial charge in [0.25, 0.3) is 0 Å². The zero-order valence-corrected chi connectivity index (χ0v) is 19.8. The van der Waals surface area contributed by atoms with Gasteiger partial charge in [0.05, 0.1) is 17.4 Å². The molecule has 0 fully saturated rings. The van der Waals surface area contributed by atoms with Crippen molar-refractivity contribution in [3.63, 3.8) is 0 Å². The lowest BCUT2D eigenvalue weighted by atomic mass is 9.86. The smallest absolute Gasteiger partial charge is 0.321 e. The Labute approximate surface area is 205 Å². The van der Waals surface area contributed by atoms with Gasteiger partial charge in [-0.15, -0.1) is 0 Å². The highest BCUT2D eigenvalue weighted by molar-refractivity contribution is 5.91. The molecule has 0 aliphatic carbocycles. The first-order valence-electron chi connectivity index (χ1n) is 11.6. The number of aromatic nitrogens is 6. The van der Waals surface area contributed by atoms with Crippen molar-refractivity contribution in [2.24, 2.45) is 21.8 Å². The number of nitrogens with one attached hydrogen (secondary N) is 3. The minimum atomic E-state index is -0.168. The predicted molar refractivity (Wildman–Crippen MR) is 135 cm³/mol. The number of aliphatic imine (C=N–C) groups is 1. The number of imidazole rings is 1. The standard InChI is InChI=1S/C25H24N10O/c1-35(2)25(36)30-16-7-14(9-26-11-16)15-8-17-22(33-34-23(17)29-10-15)24-31-20-13-27-12-18(21(20)32-24)19-5-3-4-6-28-19/h3-6,8-9,11-15H,7,10H2,1-2H3,(H,29,34)(H,30,36)(H,31,32). The van der Waals surface area contributed by atoms with Gasteiger partial charge in [-0.1, -0.05) is 12.1 Å². The van der Waals surface area contributed by atoms with Crippen molar-refractivity contribution in [1.29, 1.82) is 0 Å². The van der Waals surface area contributed by atoms with E-state index < -0.39 is 0 Å². The Bertz CT molecular complexity index is 1630. The first-order valence-corrected chi connectivity index (χ1v) is 11.6. The Morgan fingerprint density at radius 1 is 1.19 bits per heavy atom. The number of H-pyrrole nitrogens is 2. The number of urea groups is 1. The highest BCUT2D eigenvalue weighted by Gasteiger charge is 2.25. The van der Waals surface area contributed by atoms with E-state index in [0.29, 0.717) is 24.5 Å². The molecule has 4 aromatic heterocycles. The first kappa shape index (κ1) is 21.8. The largest absolute Gasteiger partial charge is 0.335 e. The van der Waals surface area contributed by atoms with E-state index in [4.69, 9.17) is 9.98 Å². The molecular weight excluding hydrogens is 456 g/mol. The molecule has 4 aromatic rings. The summed E-state index contributed by atoms with van der Waals surface area (Å²) >= 11 is 0. The molecule has 2 aliphatic heterocycles. The van der Waals surface area contributed by atoms with Crippen molar-refractivity contribution < 1.29 is 4.79 Å². The number of amides is 2. The minimum absolute atomic E-state index is 0.0998. The fourth-order valence-electron chi connectivity index (χ4n) is 4.47. The van der Waals surface area contributed by atoms with Crippen molar-refractivity contribution in [3.05, 3.63) is 59.4 Å². The van der Waals surface area contributed by atoms with E-state index in [0.717, 1.165) is 38.7 Å². The second-order valence-corrected chi connectivity index (χ2v) is 9.03. The number of carbonyl (C=O) groups excluding carboxylic acids is 1. The number of carbonyl (C=O) groups is 1. The molecule has 0 saturated heterocycles. The number of hydrogen-bond acceptors (Lipinski definition) is 7. The van der Waals surface area contributed by atoms with E-state index in [1.165, 1.54) is 4.90 Å². The fourth-order valence-corrected chi connectivity index (χ4v) is 4.47. The van der Waals surface area contributed by atoms with Crippen molar-refractivity contribution in [1.82, 2.24) is 40.3 Å². The maximum absolute atomic E-state index is 12.1. The molecule has 180 valence electrons. The second kappa shape index (κ2) is 8.84. The van der Waals surface area contributed by atoms with Crippen molar-refractivity contribution >= 4 is 29.4 Å². The summed E-state index contributed by atoms with van der Waals surface area (Å²) in [5.74, 6) is 0.839. The van der Waals surface area contributed by atoms with Gasteiger partial charge in [-0.25, -0.2) is 9.78 Å². The molecule has 2 unspecified atom stereocenters. The van der Waals surface area contributed by atoms with E-state index in [1.54, 1.807) is 38.9 Å². The molecule has 2 amide bonds. The molecular formula is C25H24N10O. The molecule has 11 heteroatoms. The summed E-state index contributed by atoms with van der Waals surface area (Å²) in [7, 11) is 3.42. The van der Waals surface area contributed by atoms with Crippen molar-refractivity contribution in [3.8, 4) is 22.8 Å². The molecule has 36 heavy (non-hydrogen) atoms. The van der Waals surface area contributed by atoms with E-state index in [-0.39, 0.29) is 17.9 Å². The summed E-state index contributed by atoms with van der Waals surface area (Å²) in [5, 5.41) is 11.4. The third-order valence-corrected chi connectivity index (χ3v) is 6.37. The quantitative estimate of drug-likeness (QED) is 0.407. The lowest BCUT2D eigenvalue weighted by Crippen LogP contribution is -2.37. The Hall–Kier alpha value is -4.67. The van der Waals surface area contributed by atoms with Crippen LogP contribution < -0.4 is 16.0 Å². The summed E-state index contributed by atoms with van der Waals surface area (Å²) in [5.41, 5.74) is 5.47. The molecule has 2 atom stereocenters. The Balaban J connectivity index is 1.33. The van der Waals surface area contributed by atoms with Crippen LogP contribution in [0.25, 0.3) is 39.9 Å². The van der Waals surface area contributed by atoms with E-state index in [2.05, 4.69) is 41.5 Å². The van der Waals surface area contributed by atoms with Gasteiger partial charge in [0.2, 0.25) is 0 Å². The highest BCUT2D eigenvalue weighted by Crippen LogP contribution is 2.27. The molecule has 3 N–H and O–H groups in total. The lowest BCUT2D eigenvalue weighted by molar-refractivity contribution is 0.219. The van der Waals surface area contributed by atoms with Gasteiger partial charge in [0.15, 0.2) is 11.3 Å². The van der Waals surface area contributed by atoms with E-state index in [9.17, 15) is 4.79 Å². The normalized spacial score (nSPS) is 18.7. The van der Waals surface area contributed by atoms with Gasteiger partial charge in [-0.05, 0) is 18.6 Å². The third kappa shape index (κ3) is 3.94. The second-order valence-electron chi connectivity index (χ2n) is 9.03. The van der Waals surface area contributed by atoms with Gasteiger partial charge < -0.3 is 15.2 Å². The predicted octanol–water partition coefficient (Wildman–Crippen LogP) is 1.64. The van der Waals surface area contributed by atoms with Crippen LogP contribution in [0.5, 0.6) is 0 Å². The summed E-state index contributed by atoms with van der Waals surface area (Å²) < 4.78 is 0. The Kier molecular flexibility index (Phi) is 5.36. The Morgan fingerprint density at radius 2 is 2.11 bits per heavy atom. The van der Waals surface area contributed by atoms with E-state index in [1.807, 2.05) is 24.4 Å². The van der Waals surface area contributed by atoms with E-state index >= 15 is 0 Å². The van der Waals surface area contributed by atoms with Crippen LogP contribution in [-0.4, -0.2) is 67.9 Å². The molecule has 0 radical (unpaired) electrons. The molecule has 2 aliphatic rings. The number of allylic oxidation sites excluding steroid dienone is 1. The molecule has 6 rings (SSSR count). The number of rotatable bonds is 4. The SMILES string of the molecule is CN(C)C(=O)NC1=CN=CC(C2C=c3c(-c4nc5c(-c6ccccn6)cncc5[nH]4)n[nH]c3=NC2)C1. The molecule has 6 heterocycles. The molecule has 11 nitrogen and oxygen atoms in total. The van der Waals surface area contributed by atoms with Crippen LogP contribution in [0, 0.1) is 11.8 Å². The lowest BCUT2D eigenvalue weighted by Gasteiger charge is -2.25.